The zero-order valence-electron chi connectivity index (χ0n) is 25.8. The summed E-state index contributed by atoms with van der Waals surface area (Å²) in [7, 11) is -0.378. The molecule has 0 heterocycles. The van der Waals surface area contributed by atoms with Crippen molar-refractivity contribution in [2.45, 2.75) is 50.9 Å². The minimum Gasteiger partial charge on any atom is -0.469 e. The molecule has 3 N–H and O–H groups in total. The molecular weight excluding hydrogens is 593 g/mol. The summed E-state index contributed by atoms with van der Waals surface area (Å²) in [6.45, 7) is 5.12. The van der Waals surface area contributed by atoms with Crippen LogP contribution in [0, 0.1) is 5.92 Å². The lowest BCUT2D eigenvalue weighted by Gasteiger charge is -2.32. The van der Waals surface area contributed by atoms with Gasteiger partial charge < -0.3 is 25.4 Å². The summed E-state index contributed by atoms with van der Waals surface area (Å²) >= 11 is 0. The normalized spacial score (nSPS) is 13.6. The van der Waals surface area contributed by atoms with Crippen molar-refractivity contribution in [3.05, 3.63) is 102 Å². The van der Waals surface area contributed by atoms with Gasteiger partial charge in [-0.2, -0.15) is 0 Å². The first-order valence-corrected chi connectivity index (χ1v) is 15.9. The molecule has 0 radical (unpaired) electrons. The van der Waals surface area contributed by atoms with Gasteiger partial charge in [0.2, 0.25) is 5.91 Å². The van der Waals surface area contributed by atoms with E-state index < -0.39 is 50.0 Å². The molecule has 0 aliphatic heterocycles. The minimum atomic E-state index is -2.40. The van der Waals surface area contributed by atoms with Crippen LogP contribution >= 0.6 is 8.46 Å². The molecule has 0 saturated heterocycles. The van der Waals surface area contributed by atoms with E-state index in [1.54, 1.807) is 77.7 Å². The average Bonchev–Trinajstić information content (AvgIpc) is 3.06. The van der Waals surface area contributed by atoms with Crippen molar-refractivity contribution in [2.24, 2.45) is 5.92 Å². The molecule has 3 rings (SSSR count). The van der Waals surface area contributed by atoms with Crippen LogP contribution in [-0.4, -0.2) is 65.3 Å². The Kier molecular flexibility index (Phi) is 13.4. The number of amides is 3. The van der Waals surface area contributed by atoms with Crippen LogP contribution in [0.25, 0.3) is 0 Å². The van der Waals surface area contributed by atoms with Gasteiger partial charge >= 0.3 is 14.4 Å². The van der Waals surface area contributed by atoms with E-state index in [0.717, 1.165) is 20.0 Å². The smallest absolute Gasteiger partial charge is 0.362 e. The van der Waals surface area contributed by atoms with Crippen LogP contribution in [0.5, 0.6) is 0 Å². The average molecular weight is 635 g/mol. The standard InChI is InChI=1S/C34H40N3O7P/c1-4-19-37(20-5-2)33(41)26-16-12-15-25(22-26)31(39)36-29(21-24-13-8-6-9-14-24)34(42,45-43)28(23-30(38)44-3)32(40)35-27-17-10-7-11-18-27/h6-18,22,28-29,42H,4-5,19-21,23H2,1-3H3,(H,35,40)(H,36,39)/p+1. The van der Waals surface area contributed by atoms with Crippen LogP contribution < -0.4 is 10.6 Å². The van der Waals surface area contributed by atoms with Gasteiger partial charge in [-0.05, 0) is 55.2 Å². The summed E-state index contributed by atoms with van der Waals surface area (Å²) in [5.74, 6) is -4.01. The van der Waals surface area contributed by atoms with Gasteiger partial charge in [-0.3, -0.25) is 19.2 Å². The fraction of sp³-hybridized carbons (Fsp3) is 0.353. The second-order valence-electron chi connectivity index (χ2n) is 10.7. The van der Waals surface area contributed by atoms with Crippen molar-refractivity contribution in [3.8, 4) is 0 Å². The van der Waals surface area contributed by atoms with Gasteiger partial charge in [0.15, 0.2) is 0 Å². The van der Waals surface area contributed by atoms with Gasteiger partial charge in [0.05, 0.1) is 13.5 Å². The number of benzene rings is 3. The number of rotatable bonds is 16. The third-order valence-electron chi connectivity index (χ3n) is 7.42. The molecule has 0 aliphatic carbocycles. The third-order valence-corrected chi connectivity index (χ3v) is 8.44. The number of para-hydroxylation sites is 1. The maximum absolute atomic E-state index is 13.7. The van der Waals surface area contributed by atoms with Crippen molar-refractivity contribution in [1.29, 1.82) is 0 Å². The molecule has 238 valence electrons. The topological polar surface area (TPSA) is 142 Å². The lowest BCUT2D eigenvalue weighted by Crippen LogP contribution is -2.57. The Hall–Kier alpha value is -4.40. The van der Waals surface area contributed by atoms with Crippen molar-refractivity contribution < 1.29 is 33.6 Å². The van der Waals surface area contributed by atoms with Gasteiger partial charge in [0.25, 0.3) is 17.2 Å². The van der Waals surface area contributed by atoms with Crippen molar-refractivity contribution in [3.63, 3.8) is 0 Å². The highest BCUT2D eigenvalue weighted by molar-refractivity contribution is 7.25. The van der Waals surface area contributed by atoms with Crippen molar-refractivity contribution in [1.82, 2.24) is 10.2 Å². The largest absolute Gasteiger partial charge is 0.469 e. The Balaban J connectivity index is 2.01. The summed E-state index contributed by atoms with van der Waals surface area (Å²) in [5, 5.41) is 15.1. The second kappa shape index (κ2) is 17.2. The molecule has 10 nitrogen and oxygen atoms in total. The summed E-state index contributed by atoms with van der Waals surface area (Å²) < 4.78 is 17.8. The van der Waals surface area contributed by atoms with Crippen LogP contribution in [0.2, 0.25) is 0 Å². The lowest BCUT2D eigenvalue weighted by molar-refractivity contribution is -0.146. The van der Waals surface area contributed by atoms with Crippen LogP contribution in [0.3, 0.4) is 0 Å². The summed E-state index contributed by atoms with van der Waals surface area (Å²) in [6, 6.07) is 22.2. The summed E-state index contributed by atoms with van der Waals surface area (Å²) in [4.78, 5) is 54.8. The molecule has 3 amide bonds. The number of ether oxygens (including phenoxy) is 1. The maximum atomic E-state index is 13.7. The Morgan fingerprint density at radius 3 is 2.07 bits per heavy atom. The fourth-order valence-corrected chi connectivity index (χ4v) is 5.76. The van der Waals surface area contributed by atoms with E-state index in [4.69, 9.17) is 4.74 Å². The van der Waals surface area contributed by atoms with E-state index in [0.29, 0.717) is 29.9 Å². The van der Waals surface area contributed by atoms with Gasteiger partial charge in [-0.15, -0.1) is 0 Å². The Morgan fingerprint density at radius 2 is 1.49 bits per heavy atom. The quantitative estimate of drug-likeness (QED) is 0.152. The molecular formula is C34H41N3O7P+. The molecule has 0 saturated carbocycles. The van der Waals surface area contributed by atoms with E-state index in [1.165, 1.54) is 12.1 Å². The van der Waals surface area contributed by atoms with Crippen LogP contribution in [0.1, 0.15) is 59.4 Å². The SMILES string of the molecule is CCCN(CCC)C(=O)c1cccc(C(=O)NC(Cc2ccccc2)C(O)([PH+]=O)C(CC(=O)OC)C(=O)Nc2ccccc2)c1. The van der Waals surface area contributed by atoms with E-state index in [-0.39, 0.29) is 17.9 Å². The van der Waals surface area contributed by atoms with E-state index in [1.807, 2.05) is 13.8 Å². The molecule has 3 aromatic rings. The van der Waals surface area contributed by atoms with Crippen molar-refractivity contribution in [2.75, 3.05) is 25.5 Å². The number of nitrogens with one attached hydrogen (secondary N) is 2. The number of hydrogen-bond acceptors (Lipinski definition) is 7. The van der Waals surface area contributed by atoms with Gasteiger partial charge in [-0.25, -0.2) is 0 Å². The Bertz CT molecular complexity index is 1450. The summed E-state index contributed by atoms with van der Waals surface area (Å²) in [5.41, 5.74) is 1.55. The monoisotopic (exact) mass is 634 g/mol. The number of anilines is 1. The highest BCUT2D eigenvalue weighted by Crippen LogP contribution is 2.38. The molecule has 3 aromatic carbocycles. The maximum Gasteiger partial charge on any atom is 0.362 e. The number of aliphatic hydroxyl groups is 1. The molecule has 11 heteroatoms. The van der Waals surface area contributed by atoms with Crippen LogP contribution in [0.15, 0.2) is 84.9 Å². The molecule has 0 aromatic heterocycles. The number of nitrogens with zero attached hydrogens (tertiary/aromatic N) is 1. The van der Waals surface area contributed by atoms with Crippen molar-refractivity contribution >= 4 is 37.8 Å². The van der Waals surface area contributed by atoms with Gasteiger partial charge in [0, 0.05) is 29.9 Å². The first-order valence-electron chi connectivity index (χ1n) is 14.9. The molecule has 4 atom stereocenters. The first-order chi connectivity index (χ1) is 21.7. The molecule has 45 heavy (non-hydrogen) atoms. The number of hydrogen-bond donors (Lipinski definition) is 3. The van der Waals surface area contributed by atoms with E-state index >= 15 is 0 Å². The fourth-order valence-electron chi connectivity index (χ4n) is 5.07. The van der Waals surface area contributed by atoms with E-state index in [9.17, 15) is 28.8 Å². The molecule has 0 bridgehead atoms. The number of carbonyl (C=O) groups excluding carboxylic acids is 4. The highest BCUT2D eigenvalue weighted by Gasteiger charge is 2.56. The number of methoxy groups -OCH3 is 1. The predicted molar refractivity (Wildman–Crippen MR) is 173 cm³/mol. The summed E-state index contributed by atoms with van der Waals surface area (Å²) in [6.07, 6.45) is 0.948. The number of esters is 1. The Labute approximate surface area is 265 Å². The molecule has 4 unspecified atom stereocenters. The third kappa shape index (κ3) is 9.54. The molecule has 0 spiro atoms. The van der Waals surface area contributed by atoms with Gasteiger partial charge in [-0.1, -0.05) is 73.0 Å². The highest BCUT2D eigenvalue weighted by atomic mass is 31.1. The molecule has 0 fully saturated rings. The zero-order chi connectivity index (χ0) is 32.8. The predicted octanol–water partition coefficient (Wildman–Crippen LogP) is 4.82. The lowest BCUT2D eigenvalue weighted by atomic mass is 9.87. The number of carbonyl (C=O) groups is 4. The Morgan fingerprint density at radius 1 is 0.889 bits per heavy atom. The minimum absolute atomic E-state index is 0.0198. The second-order valence-corrected chi connectivity index (χ2v) is 11.7. The van der Waals surface area contributed by atoms with Gasteiger partial charge in [0.1, 0.15) is 12.0 Å². The van der Waals surface area contributed by atoms with E-state index in [2.05, 4.69) is 10.6 Å². The van der Waals surface area contributed by atoms with Crippen LogP contribution in [0.4, 0.5) is 5.69 Å². The first kappa shape index (κ1) is 35.1. The zero-order valence-corrected chi connectivity index (χ0v) is 26.8. The molecule has 0 aliphatic rings. The van der Waals surface area contributed by atoms with Crippen LogP contribution in [-0.2, 0) is 25.3 Å².